The molecule has 14 nitrogen and oxygen atoms in total. The molecular weight excluding hydrogens is 584 g/mol. The van der Waals surface area contributed by atoms with Crippen LogP contribution in [-0.2, 0) is 49.3 Å². The molecular formula is C30H32O14. The summed E-state index contributed by atoms with van der Waals surface area (Å²) in [6.45, 7) is 4.86. The van der Waals surface area contributed by atoms with Crippen LogP contribution in [0.4, 0.5) is 0 Å². The maximum atomic E-state index is 13.0. The third-order valence-electron chi connectivity index (χ3n) is 6.44. The number of fused-ring (bicyclic) bond motifs is 1. The van der Waals surface area contributed by atoms with Gasteiger partial charge in [0.1, 0.15) is 37.4 Å². The van der Waals surface area contributed by atoms with Gasteiger partial charge < -0.3 is 43.0 Å². The van der Waals surface area contributed by atoms with Crippen molar-refractivity contribution in [2.24, 2.45) is 0 Å². The average molecular weight is 617 g/mol. The fourth-order valence-electron chi connectivity index (χ4n) is 4.72. The van der Waals surface area contributed by atoms with Crippen molar-refractivity contribution in [2.45, 2.75) is 64.8 Å². The molecule has 1 fully saturated rings. The van der Waals surface area contributed by atoms with Crippen molar-refractivity contribution in [2.75, 3.05) is 19.8 Å². The highest BCUT2D eigenvalue weighted by Gasteiger charge is 2.53. The number of rotatable bonds is 10. The number of phenols is 1. The molecule has 0 saturated carbocycles. The van der Waals surface area contributed by atoms with Crippen molar-refractivity contribution < 1.29 is 67.0 Å². The normalized spacial score (nSPS) is 22.2. The highest BCUT2D eigenvalue weighted by Crippen LogP contribution is 2.34. The summed E-state index contributed by atoms with van der Waals surface area (Å²) in [6.07, 6.45) is -7.01. The van der Waals surface area contributed by atoms with Crippen LogP contribution >= 0.6 is 0 Å². The van der Waals surface area contributed by atoms with Crippen molar-refractivity contribution in [3.8, 4) is 23.0 Å². The van der Waals surface area contributed by atoms with Crippen molar-refractivity contribution in [3.05, 3.63) is 47.5 Å². The molecule has 0 spiro atoms. The zero-order valence-electron chi connectivity index (χ0n) is 24.4. The van der Waals surface area contributed by atoms with Gasteiger partial charge in [-0.25, -0.2) is 0 Å². The summed E-state index contributed by atoms with van der Waals surface area (Å²) in [4.78, 5) is 60.5. The van der Waals surface area contributed by atoms with Gasteiger partial charge in [0.15, 0.2) is 29.5 Å². The van der Waals surface area contributed by atoms with E-state index in [1.165, 1.54) is 12.1 Å². The van der Waals surface area contributed by atoms with Crippen LogP contribution < -0.4 is 14.2 Å². The zero-order chi connectivity index (χ0) is 32.0. The third kappa shape index (κ3) is 8.16. The van der Waals surface area contributed by atoms with E-state index in [0.29, 0.717) is 30.3 Å². The first-order valence-electron chi connectivity index (χ1n) is 13.6. The minimum absolute atomic E-state index is 0.00813. The Kier molecular flexibility index (Phi) is 10.3. The molecule has 2 aromatic rings. The second-order valence-corrected chi connectivity index (χ2v) is 9.94. The molecule has 0 aliphatic carbocycles. The number of Topliss-reactive ketones (excluding diaryl/α,β-unsaturated/α-hetero) is 1. The van der Waals surface area contributed by atoms with Crippen molar-refractivity contribution in [1.29, 1.82) is 0 Å². The summed E-state index contributed by atoms with van der Waals surface area (Å²) in [7, 11) is 0. The summed E-state index contributed by atoms with van der Waals surface area (Å²) in [5, 5.41) is 10.7. The lowest BCUT2D eigenvalue weighted by Crippen LogP contribution is -2.63. The second kappa shape index (κ2) is 14.1. The van der Waals surface area contributed by atoms with E-state index in [9.17, 15) is 29.1 Å². The monoisotopic (exact) mass is 616 g/mol. The molecule has 44 heavy (non-hydrogen) atoms. The van der Waals surface area contributed by atoms with Crippen LogP contribution in [0.5, 0.6) is 23.0 Å². The number of carbonyl (C=O) groups is 5. The molecule has 236 valence electrons. The van der Waals surface area contributed by atoms with Gasteiger partial charge in [0.25, 0.3) is 0 Å². The van der Waals surface area contributed by atoms with Gasteiger partial charge in [-0.15, -0.1) is 0 Å². The molecule has 0 aromatic heterocycles. The van der Waals surface area contributed by atoms with Crippen LogP contribution in [0.2, 0.25) is 0 Å². The number of carbonyl (C=O) groups excluding carboxylic acids is 5. The molecule has 1 saturated heterocycles. The number of aromatic hydroxyl groups is 1. The second-order valence-electron chi connectivity index (χ2n) is 9.94. The number of ether oxygens (including phenoxy) is 8. The molecule has 14 heteroatoms. The van der Waals surface area contributed by atoms with Gasteiger partial charge in [-0.3, -0.25) is 24.0 Å². The predicted octanol–water partition coefficient (Wildman–Crippen LogP) is 2.05. The van der Waals surface area contributed by atoms with Crippen LogP contribution in [0.1, 0.15) is 43.6 Å². The zero-order valence-corrected chi connectivity index (χ0v) is 24.4. The first kappa shape index (κ1) is 32.1. The Balaban J connectivity index is 1.57. The highest BCUT2D eigenvalue weighted by molar-refractivity contribution is 6.00. The molecule has 0 unspecified atom stereocenters. The van der Waals surface area contributed by atoms with E-state index in [1.807, 2.05) is 0 Å². The Morgan fingerprint density at radius 1 is 0.773 bits per heavy atom. The van der Waals surface area contributed by atoms with Gasteiger partial charge in [-0.05, 0) is 29.8 Å². The number of phenolic OH excluding ortho intramolecular Hbond substituents is 1. The molecule has 0 bridgehead atoms. The topological polar surface area (TPSA) is 179 Å². The number of hydrogen-bond acceptors (Lipinski definition) is 14. The van der Waals surface area contributed by atoms with Crippen LogP contribution in [0, 0.1) is 0 Å². The molecule has 2 aliphatic rings. The third-order valence-corrected chi connectivity index (χ3v) is 6.44. The summed E-state index contributed by atoms with van der Waals surface area (Å²) in [5.74, 6) is -2.74. The number of ketones is 1. The van der Waals surface area contributed by atoms with Crippen molar-refractivity contribution >= 4 is 29.7 Å². The summed E-state index contributed by atoms with van der Waals surface area (Å²) in [6, 6.07) is 9.02. The Hall–Kier alpha value is -4.85. The molecule has 1 N–H and O–H groups in total. The molecule has 2 aromatic carbocycles. The van der Waals surface area contributed by atoms with Gasteiger partial charge in [0, 0.05) is 40.2 Å². The fraction of sp³-hybridized carbons (Fsp3) is 0.433. The maximum Gasteiger partial charge on any atom is 0.303 e. The minimum atomic E-state index is -1.51. The van der Waals surface area contributed by atoms with Gasteiger partial charge >= 0.3 is 23.9 Å². The molecule has 0 amide bonds. The molecule has 2 aliphatic heterocycles. The van der Waals surface area contributed by atoms with Crippen LogP contribution in [-0.4, -0.2) is 85.3 Å². The van der Waals surface area contributed by atoms with Gasteiger partial charge in [0.2, 0.25) is 12.4 Å². The molecule has 0 radical (unpaired) electrons. The number of hydrogen-bond donors (Lipinski definition) is 1. The first-order valence-corrected chi connectivity index (χ1v) is 13.6. The average Bonchev–Trinajstić information content (AvgIpc) is 2.94. The standard InChI is InChI=1S/C30H32O14/c1-15(31)39-14-26-27(40-16(2)32)28(41-17(3)33)29(42-18(4)34)30(44-26)43-20-6-7-21(23(36)13-20)22(35)11-19-5-8-24-25(12-19)38-10-9-37-24/h5-8,12-13,26-30,36H,9-11,14H2,1-4H3/t26-,27-,28+,29+,30+/m1/s1. The number of benzene rings is 2. The van der Waals surface area contributed by atoms with Crippen LogP contribution in [0.15, 0.2) is 36.4 Å². The van der Waals surface area contributed by atoms with E-state index < -0.39 is 72.7 Å². The minimum Gasteiger partial charge on any atom is -0.507 e. The Morgan fingerprint density at radius 2 is 1.41 bits per heavy atom. The summed E-state index contributed by atoms with van der Waals surface area (Å²) < 4.78 is 44.0. The van der Waals surface area contributed by atoms with E-state index in [-0.39, 0.29) is 17.7 Å². The lowest BCUT2D eigenvalue weighted by atomic mass is 9.98. The predicted molar refractivity (Wildman–Crippen MR) is 146 cm³/mol. The van der Waals surface area contributed by atoms with Crippen LogP contribution in [0.3, 0.4) is 0 Å². The lowest BCUT2D eigenvalue weighted by Gasteiger charge is -2.43. The summed E-state index contributed by atoms with van der Waals surface area (Å²) in [5.41, 5.74) is 0.658. The van der Waals surface area contributed by atoms with Crippen LogP contribution in [0.25, 0.3) is 0 Å². The number of esters is 4. The van der Waals surface area contributed by atoms with E-state index >= 15 is 0 Å². The molecule has 5 atom stereocenters. The Labute approximate surface area is 252 Å². The van der Waals surface area contributed by atoms with E-state index in [2.05, 4.69) is 0 Å². The van der Waals surface area contributed by atoms with E-state index in [4.69, 9.17) is 37.9 Å². The van der Waals surface area contributed by atoms with Crippen molar-refractivity contribution in [3.63, 3.8) is 0 Å². The molecule has 2 heterocycles. The Morgan fingerprint density at radius 3 is 2.05 bits per heavy atom. The summed E-state index contributed by atoms with van der Waals surface area (Å²) >= 11 is 0. The van der Waals surface area contributed by atoms with Crippen molar-refractivity contribution in [1.82, 2.24) is 0 Å². The van der Waals surface area contributed by atoms with Gasteiger partial charge in [0.05, 0.1) is 5.56 Å². The first-order chi connectivity index (χ1) is 20.9. The maximum absolute atomic E-state index is 13.0. The lowest BCUT2D eigenvalue weighted by molar-refractivity contribution is -0.288. The smallest absolute Gasteiger partial charge is 0.303 e. The largest absolute Gasteiger partial charge is 0.507 e. The van der Waals surface area contributed by atoms with E-state index in [1.54, 1.807) is 18.2 Å². The Bertz CT molecular complexity index is 1420. The van der Waals surface area contributed by atoms with E-state index in [0.717, 1.165) is 33.8 Å². The van der Waals surface area contributed by atoms with Gasteiger partial charge in [-0.2, -0.15) is 0 Å². The molecule has 4 rings (SSSR count). The highest BCUT2D eigenvalue weighted by atomic mass is 16.7. The van der Waals surface area contributed by atoms with Gasteiger partial charge in [-0.1, -0.05) is 6.07 Å². The SMILES string of the molecule is CC(=O)OC[C@H]1O[C@H](Oc2ccc(C(=O)Cc3ccc4c(c3)OCCO4)c(O)c2)[C@@H](OC(C)=O)[C@@H](OC(C)=O)[C@@H]1OC(C)=O. The fourth-order valence-corrected chi connectivity index (χ4v) is 4.72. The quantitative estimate of drug-likeness (QED) is 0.233.